The van der Waals surface area contributed by atoms with Crippen LogP contribution in [0.1, 0.15) is 36.4 Å². The Kier molecular flexibility index (Phi) is 9.59. The summed E-state index contributed by atoms with van der Waals surface area (Å²) in [6, 6.07) is 9.01. The molecule has 2 rings (SSSR count). The third-order valence-corrected chi connectivity index (χ3v) is 4.86. The maximum atomic E-state index is 5.70. The van der Waals surface area contributed by atoms with Gasteiger partial charge in [-0.15, -0.1) is 0 Å². The SMILES string of the molecule is CN=C(NCCCOCC1CCCO1)NCC(c1ccc(C)cc1)N(C)C. The molecule has 2 atom stereocenters. The molecule has 0 spiro atoms. The molecular weight excluding hydrogens is 340 g/mol. The van der Waals surface area contributed by atoms with Crippen molar-refractivity contribution in [3.63, 3.8) is 0 Å². The minimum absolute atomic E-state index is 0.291. The lowest BCUT2D eigenvalue weighted by molar-refractivity contribution is 0.0168. The second-order valence-electron chi connectivity index (χ2n) is 7.33. The third kappa shape index (κ3) is 7.87. The van der Waals surface area contributed by atoms with Crippen LogP contribution in [0, 0.1) is 6.92 Å². The fourth-order valence-corrected chi connectivity index (χ4v) is 3.17. The summed E-state index contributed by atoms with van der Waals surface area (Å²) in [7, 11) is 6.02. The monoisotopic (exact) mass is 376 g/mol. The lowest BCUT2D eigenvalue weighted by Gasteiger charge is -2.26. The molecule has 152 valence electrons. The first-order valence-corrected chi connectivity index (χ1v) is 9.97. The predicted molar refractivity (Wildman–Crippen MR) is 111 cm³/mol. The first-order valence-electron chi connectivity index (χ1n) is 9.97. The lowest BCUT2D eigenvalue weighted by atomic mass is 10.0. The quantitative estimate of drug-likeness (QED) is 0.373. The van der Waals surface area contributed by atoms with E-state index in [9.17, 15) is 0 Å². The van der Waals surface area contributed by atoms with Gasteiger partial charge in [0.05, 0.1) is 18.8 Å². The number of nitrogens with zero attached hydrogens (tertiary/aromatic N) is 2. The van der Waals surface area contributed by atoms with Crippen molar-refractivity contribution >= 4 is 5.96 Å². The number of ether oxygens (including phenoxy) is 2. The van der Waals surface area contributed by atoms with Crippen LogP contribution in [0.15, 0.2) is 29.3 Å². The van der Waals surface area contributed by atoms with E-state index in [0.717, 1.165) is 51.5 Å². The molecule has 0 bridgehead atoms. The van der Waals surface area contributed by atoms with Gasteiger partial charge < -0.3 is 25.0 Å². The van der Waals surface area contributed by atoms with Gasteiger partial charge in [0.25, 0.3) is 0 Å². The number of likely N-dealkylation sites (N-methyl/N-ethyl adjacent to an activating group) is 1. The topological polar surface area (TPSA) is 58.1 Å². The van der Waals surface area contributed by atoms with Gasteiger partial charge in [0, 0.05) is 33.4 Å². The minimum Gasteiger partial charge on any atom is -0.379 e. The number of nitrogens with one attached hydrogen (secondary N) is 2. The molecule has 27 heavy (non-hydrogen) atoms. The fraction of sp³-hybridized carbons (Fsp3) is 0.667. The normalized spacial score (nSPS) is 18.7. The first-order chi connectivity index (χ1) is 13.1. The van der Waals surface area contributed by atoms with E-state index in [1.54, 1.807) is 7.05 Å². The van der Waals surface area contributed by atoms with Crippen LogP contribution in [-0.2, 0) is 9.47 Å². The van der Waals surface area contributed by atoms with Crippen molar-refractivity contribution in [3.05, 3.63) is 35.4 Å². The van der Waals surface area contributed by atoms with Gasteiger partial charge in [-0.05, 0) is 45.8 Å². The summed E-state index contributed by atoms with van der Waals surface area (Å²) < 4.78 is 11.3. The molecule has 1 aliphatic heterocycles. The molecule has 0 aliphatic carbocycles. The molecule has 1 fully saturated rings. The van der Waals surface area contributed by atoms with Gasteiger partial charge in [0.15, 0.2) is 5.96 Å². The molecule has 6 nitrogen and oxygen atoms in total. The number of aryl methyl sites for hydroxylation is 1. The second kappa shape index (κ2) is 12.0. The number of rotatable bonds is 10. The van der Waals surface area contributed by atoms with Crippen molar-refractivity contribution in [1.82, 2.24) is 15.5 Å². The average molecular weight is 377 g/mol. The van der Waals surface area contributed by atoms with Crippen LogP contribution in [0.5, 0.6) is 0 Å². The summed E-state index contributed by atoms with van der Waals surface area (Å²) in [6.07, 6.45) is 3.54. The highest BCUT2D eigenvalue weighted by molar-refractivity contribution is 5.79. The Balaban J connectivity index is 1.66. The van der Waals surface area contributed by atoms with Crippen molar-refractivity contribution in [2.75, 3.05) is 54.1 Å². The summed E-state index contributed by atoms with van der Waals surface area (Å²) >= 11 is 0. The van der Waals surface area contributed by atoms with E-state index in [2.05, 4.69) is 65.8 Å². The van der Waals surface area contributed by atoms with E-state index in [-0.39, 0.29) is 0 Å². The zero-order valence-corrected chi connectivity index (χ0v) is 17.3. The highest BCUT2D eigenvalue weighted by atomic mass is 16.5. The van der Waals surface area contributed by atoms with E-state index in [1.807, 2.05) is 0 Å². The number of hydrogen-bond donors (Lipinski definition) is 2. The van der Waals surface area contributed by atoms with Gasteiger partial charge in [-0.3, -0.25) is 4.99 Å². The molecule has 2 N–H and O–H groups in total. The molecule has 1 heterocycles. The Labute approximate surface area is 164 Å². The maximum absolute atomic E-state index is 5.70. The Morgan fingerprint density at radius 2 is 2.07 bits per heavy atom. The van der Waals surface area contributed by atoms with Crippen molar-refractivity contribution < 1.29 is 9.47 Å². The fourth-order valence-electron chi connectivity index (χ4n) is 3.17. The van der Waals surface area contributed by atoms with Crippen LogP contribution in [-0.4, -0.2) is 71.0 Å². The van der Waals surface area contributed by atoms with E-state index in [4.69, 9.17) is 9.47 Å². The Morgan fingerprint density at radius 3 is 2.70 bits per heavy atom. The molecule has 0 radical (unpaired) electrons. The van der Waals surface area contributed by atoms with Crippen molar-refractivity contribution in [1.29, 1.82) is 0 Å². The van der Waals surface area contributed by atoms with Crippen LogP contribution in [0.25, 0.3) is 0 Å². The summed E-state index contributed by atoms with van der Waals surface area (Å²) in [5.74, 6) is 0.827. The average Bonchev–Trinajstić information content (AvgIpc) is 3.17. The number of hydrogen-bond acceptors (Lipinski definition) is 4. The molecule has 0 saturated carbocycles. The molecule has 1 aromatic carbocycles. The molecule has 1 aliphatic rings. The standard InChI is InChI=1S/C21H36N4O2/c1-17-8-10-18(11-9-17)20(25(3)4)15-24-21(22-2)23-12-6-13-26-16-19-7-5-14-27-19/h8-11,19-20H,5-7,12-16H2,1-4H3,(H2,22,23,24). The van der Waals surface area contributed by atoms with Crippen LogP contribution in [0.4, 0.5) is 0 Å². The summed E-state index contributed by atoms with van der Waals surface area (Å²) in [5.41, 5.74) is 2.58. The van der Waals surface area contributed by atoms with Gasteiger partial charge in [0.1, 0.15) is 0 Å². The summed E-state index contributed by atoms with van der Waals surface area (Å²) in [6.45, 7) is 6.09. The molecule has 0 aromatic heterocycles. The highest BCUT2D eigenvalue weighted by Gasteiger charge is 2.15. The number of aliphatic imine (C=N–C) groups is 1. The molecule has 6 heteroatoms. The van der Waals surface area contributed by atoms with Crippen molar-refractivity contribution in [2.24, 2.45) is 4.99 Å². The second-order valence-corrected chi connectivity index (χ2v) is 7.33. The zero-order valence-electron chi connectivity index (χ0n) is 17.3. The number of guanidine groups is 1. The summed E-state index contributed by atoms with van der Waals surface area (Å²) in [4.78, 5) is 6.55. The minimum atomic E-state index is 0.291. The summed E-state index contributed by atoms with van der Waals surface area (Å²) in [5, 5.41) is 6.80. The predicted octanol–water partition coefficient (Wildman–Crippen LogP) is 2.35. The zero-order chi connectivity index (χ0) is 19.5. The Bertz CT molecular complexity index is 554. The van der Waals surface area contributed by atoms with Crippen LogP contribution in [0.2, 0.25) is 0 Å². The highest BCUT2D eigenvalue weighted by Crippen LogP contribution is 2.17. The van der Waals surface area contributed by atoms with E-state index in [0.29, 0.717) is 18.8 Å². The smallest absolute Gasteiger partial charge is 0.191 e. The Morgan fingerprint density at radius 1 is 1.30 bits per heavy atom. The van der Waals surface area contributed by atoms with Gasteiger partial charge in [-0.25, -0.2) is 0 Å². The van der Waals surface area contributed by atoms with Crippen LogP contribution < -0.4 is 10.6 Å². The molecule has 1 saturated heterocycles. The lowest BCUT2D eigenvalue weighted by Crippen LogP contribution is -2.42. The molecule has 1 aromatic rings. The first kappa shape index (κ1) is 21.7. The van der Waals surface area contributed by atoms with Crippen molar-refractivity contribution in [2.45, 2.75) is 38.3 Å². The van der Waals surface area contributed by atoms with E-state index < -0.39 is 0 Å². The van der Waals surface area contributed by atoms with Gasteiger partial charge in [-0.2, -0.15) is 0 Å². The van der Waals surface area contributed by atoms with Gasteiger partial charge >= 0.3 is 0 Å². The molecular formula is C21H36N4O2. The van der Waals surface area contributed by atoms with Gasteiger partial charge in [-0.1, -0.05) is 29.8 Å². The largest absolute Gasteiger partial charge is 0.379 e. The number of benzene rings is 1. The molecule has 2 unspecified atom stereocenters. The van der Waals surface area contributed by atoms with Crippen LogP contribution >= 0.6 is 0 Å². The van der Waals surface area contributed by atoms with Crippen molar-refractivity contribution in [3.8, 4) is 0 Å². The van der Waals surface area contributed by atoms with Crippen LogP contribution in [0.3, 0.4) is 0 Å². The third-order valence-electron chi connectivity index (χ3n) is 4.86. The van der Waals surface area contributed by atoms with E-state index in [1.165, 1.54) is 11.1 Å². The van der Waals surface area contributed by atoms with E-state index >= 15 is 0 Å². The Hall–Kier alpha value is -1.63. The maximum Gasteiger partial charge on any atom is 0.191 e. The van der Waals surface area contributed by atoms with Gasteiger partial charge in [0.2, 0.25) is 0 Å². The molecule has 0 amide bonds.